The molecule has 1 saturated heterocycles. The van der Waals surface area contributed by atoms with Gasteiger partial charge >= 0.3 is 6.18 Å². The van der Waals surface area contributed by atoms with Gasteiger partial charge in [0.1, 0.15) is 11.0 Å². The van der Waals surface area contributed by atoms with Gasteiger partial charge in [0, 0.05) is 45.3 Å². The van der Waals surface area contributed by atoms with Crippen molar-refractivity contribution < 1.29 is 18.3 Å². The maximum Gasteiger partial charge on any atom is 0.451 e. The zero-order chi connectivity index (χ0) is 27.6. The molecule has 4 heterocycles. The van der Waals surface area contributed by atoms with Crippen molar-refractivity contribution in [2.75, 3.05) is 49.6 Å². The van der Waals surface area contributed by atoms with E-state index in [9.17, 15) is 18.3 Å². The molecule has 9 nitrogen and oxygen atoms in total. The van der Waals surface area contributed by atoms with Crippen molar-refractivity contribution in [2.24, 2.45) is 0 Å². The Balaban J connectivity index is 1.34. The van der Waals surface area contributed by atoms with Crippen LogP contribution in [0.2, 0.25) is 0 Å². The van der Waals surface area contributed by atoms with E-state index in [1.165, 1.54) is 11.1 Å². The molecule has 0 radical (unpaired) electrons. The fraction of sp³-hybridized carbons (Fsp3) is 0.542. The molecule has 1 fully saturated rings. The van der Waals surface area contributed by atoms with E-state index in [1.807, 2.05) is 18.4 Å². The summed E-state index contributed by atoms with van der Waals surface area (Å²) in [7, 11) is 0. The van der Waals surface area contributed by atoms with Crippen molar-refractivity contribution in [3.05, 3.63) is 41.2 Å². The summed E-state index contributed by atoms with van der Waals surface area (Å²) in [5.74, 6) is -0.844. The van der Waals surface area contributed by atoms with E-state index >= 15 is 0 Å². The second kappa shape index (κ2) is 12.6. The molecular formula is C24H31F3IN8OPS. The number of aromatic nitrogens is 4. The van der Waals surface area contributed by atoms with Gasteiger partial charge in [0.05, 0.1) is 12.5 Å². The molecular weight excluding hydrogens is 663 g/mol. The summed E-state index contributed by atoms with van der Waals surface area (Å²) in [6.45, 7) is 3.87. The molecule has 2 aromatic heterocycles. The Bertz CT molecular complexity index is 1290. The third-order valence-corrected chi connectivity index (χ3v) is 9.83. The highest BCUT2D eigenvalue weighted by molar-refractivity contribution is 14.2. The lowest BCUT2D eigenvalue weighted by atomic mass is 10.00. The van der Waals surface area contributed by atoms with Crippen LogP contribution in [0.3, 0.4) is 0 Å². The average molecular weight is 695 g/mol. The first-order chi connectivity index (χ1) is 18.7. The van der Waals surface area contributed by atoms with Gasteiger partial charge in [-0.1, -0.05) is 36.2 Å². The fourth-order valence-electron chi connectivity index (χ4n) is 5.09. The van der Waals surface area contributed by atoms with Crippen molar-refractivity contribution in [2.45, 2.75) is 44.1 Å². The predicted octanol–water partition coefficient (Wildman–Crippen LogP) is 4.62. The molecule has 5 rings (SSSR count). The SMILES string of the molecule is CSN1CCC(Nc2nc(C(F)(F)F)nc3c(NCC(O)CN4CCc5ccccc5C4)nn(PI)c23)CC1. The maximum atomic E-state index is 13.8. The number of halogens is 4. The third-order valence-electron chi connectivity index (χ3n) is 7.09. The first-order valence-electron chi connectivity index (χ1n) is 12.8. The Morgan fingerprint density at radius 3 is 2.59 bits per heavy atom. The highest BCUT2D eigenvalue weighted by Crippen LogP contribution is 2.38. The van der Waals surface area contributed by atoms with Crippen LogP contribution in [0.5, 0.6) is 0 Å². The van der Waals surface area contributed by atoms with Gasteiger partial charge < -0.3 is 15.7 Å². The number of rotatable bonds is 9. The zero-order valence-electron chi connectivity index (χ0n) is 21.4. The molecule has 3 N–H and O–H groups in total. The van der Waals surface area contributed by atoms with Crippen molar-refractivity contribution in [3.8, 4) is 0 Å². The molecule has 0 saturated carbocycles. The number of aliphatic hydroxyl groups excluding tert-OH is 1. The molecule has 0 aliphatic carbocycles. The van der Waals surface area contributed by atoms with Crippen LogP contribution in [0, 0.1) is 0 Å². The lowest BCUT2D eigenvalue weighted by Crippen LogP contribution is -2.39. The van der Waals surface area contributed by atoms with E-state index in [0.717, 1.165) is 45.4 Å². The summed E-state index contributed by atoms with van der Waals surface area (Å²) in [4.78, 5) is 9.98. The first kappa shape index (κ1) is 29.1. The molecule has 39 heavy (non-hydrogen) atoms. The summed E-state index contributed by atoms with van der Waals surface area (Å²) in [5.41, 5.74) is 3.13. The zero-order valence-corrected chi connectivity index (χ0v) is 25.4. The minimum Gasteiger partial charge on any atom is -0.390 e. The number of hydrogen-bond donors (Lipinski definition) is 3. The number of alkyl halides is 3. The van der Waals surface area contributed by atoms with Crippen LogP contribution in [-0.4, -0.2) is 85.0 Å². The molecule has 212 valence electrons. The molecule has 2 aliphatic heterocycles. The van der Waals surface area contributed by atoms with Crippen LogP contribution < -0.4 is 10.6 Å². The molecule has 15 heteroatoms. The summed E-state index contributed by atoms with van der Waals surface area (Å²) >= 11 is 3.82. The number of piperidine rings is 1. The van der Waals surface area contributed by atoms with Gasteiger partial charge in [-0.2, -0.15) is 13.2 Å². The monoisotopic (exact) mass is 694 g/mol. The normalized spacial score (nSPS) is 18.6. The van der Waals surface area contributed by atoms with Gasteiger partial charge in [0.2, 0.25) is 5.82 Å². The Labute approximate surface area is 244 Å². The molecule has 1 aromatic carbocycles. The Kier molecular flexibility index (Phi) is 9.39. The van der Waals surface area contributed by atoms with E-state index in [2.05, 4.69) is 69.1 Å². The summed E-state index contributed by atoms with van der Waals surface area (Å²) in [6.07, 6.45) is -0.771. The van der Waals surface area contributed by atoms with Crippen molar-refractivity contribution in [1.82, 2.24) is 28.7 Å². The van der Waals surface area contributed by atoms with Gasteiger partial charge in [0.15, 0.2) is 11.6 Å². The summed E-state index contributed by atoms with van der Waals surface area (Å²) < 4.78 is 45.3. The standard InChI is InChI=1S/C24H31F3IN8OPS/c1-39-35-10-7-17(8-11-35)30-22-20-19(31-23(32-22)24(25,26)27)21(33-36(20)38-28)29-12-18(37)14-34-9-6-15-4-2-3-5-16(15)13-34/h2-5,17-18,37-38H,6-14H2,1H3,(H,29,33)(H,30,31,32). The van der Waals surface area contributed by atoms with Gasteiger partial charge in [-0.05, 0) is 58.7 Å². The number of benzene rings is 1. The highest BCUT2D eigenvalue weighted by Gasteiger charge is 2.37. The topological polar surface area (TPSA) is 94.4 Å². The number of anilines is 2. The van der Waals surface area contributed by atoms with Crippen molar-refractivity contribution >= 4 is 63.0 Å². The molecule has 2 aliphatic rings. The van der Waals surface area contributed by atoms with Crippen LogP contribution in [0.4, 0.5) is 24.8 Å². The summed E-state index contributed by atoms with van der Waals surface area (Å²) in [5, 5.41) is 21.6. The number of hydrogen-bond acceptors (Lipinski definition) is 9. The van der Waals surface area contributed by atoms with Crippen molar-refractivity contribution in [1.29, 1.82) is 0 Å². The fourth-order valence-corrected chi connectivity index (χ4v) is 7.15. The minimum absolute atomic E-state index is 0.00128. The van der Waals surface area contributed by atoms with E-state index in [-0.39, 0.29) is 36.1 Å². The lowest BCUT2D eigenvalue weighted by Gasteiger charge is -2.31. The number of fused-ring (bicyclic) bond motifs is 2. The second-order valence-electron chi connectivity index (χ2n) is 9.75. The number of nitrogens with zero attached hydrogens (tertiary/aromatic N) is 6. The van der Waals surface area contributed by atoms with Crippen LogP contribution in [0.1, 0.15) is 29.8 Å². The quantitative estimate of drug-likeness (QED) is 0.169. The Hall–Kier alpha value is -1.45. The first-order valence-corrected chi connectivity index (χ1v) is 18.0. The largest absolute Gasteiger partial charge is 0.451 e. The molecule has 0 bridgehead atoms. The van der Waals surface area contributed by atoms with E-state index in [1.54, 1.807) is 16.4 Å². The van der Waals surface area contributed by atoms with Crippen LogP contribution in [-0.2, 0) is 19.1 Å². The average Bonchev–Trinajstić information content (AvgIpc) is 3.30. The summed E-state index contributed by atoms with van der Waals surface area (Å²) in [6, 6.07) is 8.29. The lowest BCUT2D eigenvalue weighted by molar-refractivity contribution is -0.144. The van der Waals surface area contributed by atoms with Crippen LogP contribution in [0.25, 0.3) is 11.0 Å². The van der Waals surface area contributed by atoms with Gasteiger partial charge in [-0.25, -0.2) is 14.4 Å². The minimum atomic E-state index is -4.71. The Morgan fingerprint density at radius 1 is 1.15 bits per heavy atom. The van der Waals surface area contributed by atoms with Gasteiger partial charge in [-0.3, -0.25) is 9.21 Å². The highest BCUT2D eigenvalue weighted by atomic mass is 127. The van der Waals surface area contributed by atoms with Crippen LogP contribution in [0.15, 0.2) is 24.3 Å². The van der Waals surface area contributed by atoms with Gasteiger partial charge in [0.25, 0.3) is 0 Å². The van der Waals surface area contributed by atoms with E-state index in [0.29, 0.717) is 12.1 Å². The second-order valence-corrected chi connectivity index (χ2v) is 12.7. The van der Waals surface area contributed by atoms with Crippen molar-refractivity contribution in [3.63, 3.8) is 0 Å². The molecule has 2 atom stereocenters. The number of β-amino-alcohol motifs (C(OH)–C–C–N with tert-alkyl or cyclic N) is 1. The van der Waals surface area contributed by atoms with E-state index in [4.69, 9.17) is 0 Å². The molecule has 0 amide bonds. The predicted molar refractivity (Wildman–Crippen MR) is 160 cm³/mol. The van der Waals surface area contributed by atoms with E-state index < -0.39 is 18.1 Å². The smallest absolute Gasteiger partial charge is 0.390 e. The molecule has 3 aromatic rings. The Morgan fingerprint density at radius 2 is 1.90 bits per heavy atom. The van der Waals surface area contributed by atoms with Gasteiger partial charge in [-0.15, -0.1) is 5.10 Å². The maximum absolute atomic E-state index is 13.8. The number of nitrogens with one attached hydrogen (secondary N) is 2. The molecule has 0 spiro atoms. The molecule has 2 unspecified atom stereocenters. The van der Waals surface area contributed by atoms with Crippen LogP contribution >= 0.6 is 40.4 Å². The number of aliphatic hydroxyl groups is 1. The third kappa shape index (κ3) is 6.89.